The van der Waals surface area contributed by atoms with Crippen LogP contribution in [0.25, 0.3) is 0 Å². The van der Waals surface area contributed by atoms with Crippen molar-refractivity contribution in [2.75, 3.05) is 11.9 Å². The molecule has 5 heteroatoms. The van der Waals surface area contributed by atoms with Gasteiger partial charge in [-0.05, 0) is 48.4 Å². The Kier molecular flexibility index (Phi) is 7.11. The van der Waals surface area contributed by atoms with Gasteiger partial charge >= 0.3 is 5.97 Å². The van der Waals surface area contributed by atoms with Crippen LogP contribution in [0.2, 0.25) is 0 Å². The zero-order chi connectivity index (χ0) is 21.3. The lowest BCUT2D eigenvalue weighted by atomic mass is 9.97. The maximum Gasteiger partial charge on any atom is 0.313 e. The Bertz CT molecular complexity index is 998. The van der Waals surface area contributed by atoms with Gasteiger partial charge in [0.05, 0.1) is 5.92 Å². The fourth-order valence-electron chi connectivity index (χ4n) is 3.08. The fraction of sp³-hybridized carbons (Fsp3) is 0.160. The molecule has 3 aromatic carbocycles. The number of carbonyl (C=O) groups is 3. The lowest BCUT2D eigenvalue weighted by Gasteiger charge is -2.14. The standard InChI is InChI=1S/C25H23NO4/c1-2-22(18-9-5-3-6-10-18)25(29)30-17-23(27)19-13-15-21(16-14-19)26-24(28)20-11-7-4-8-12-20/h3-16,22H,2,17H2,1H3,(H,26,28)/t22-/m0/s1. The SMILES string of the molecule is CC[C@H](C(=O)OCC(=O)c1ccc(NC(=O)c2ccccc2)cc1)c1ccccc1. The van der Waals surface area contributed by atoms with Gasteiger partial charge in [-0.25, -0.2) is 0 Å². The normalized spacial score (nSPS) is 11.4. The quantitative estimate of drug-likeness (QED) is 0.432. The van der Waals surface area contributed by atoms with Crippen LogP contribution in [-0.2, 0) is 9.53 Å². The summed E-state index contributed by atoms with van der Waals surface area (Å²) < 4.78 is 5.26. The highest BCUT2D eigenvalue weighted by Gasteiger charge is 2.21. The third-order valence-corrected chi connectivity index (χ3v) is 4.74. The second-order valence-corrected chi connectivity index (χ2v) is 6.80. The van der Waals surface area contributed by atoms with Gasteiger partial charge in [0, 0.05) is 16.8 Å². The predicted molar refractivity (Wildman–Crippen MR) is 116 cm³/mol. The number of amides is 1. The molecule has 0 aliphatic rings. The summed E-state index contributed by atoms with van der Waals surface area (Å²) in [5, 5.41) is 2.78. The molecule has 5 nitrogen and oxygen atoms in total. The number of hydrogen-bond donors (Lipinski definition) is 1. The minimum absolute atomic E-state index is 0.227. The molecule has 1 atom stereocenters. The molecule has 3 rings (SSSR count). The third kappa shape index (κ3) is 5.41. The molecule has 0 fully saturated rings. The van der Waals surface area contributed by atoms with Crippen molar-refractivity contribution in [2.24, 2.45) is 0 Å². The van der Waals surface area contributed by atoms with E-state index in [-0.39, 0.29) is 18.3 Å². The number of carbonyl (C=O) groups excluding carboxylic acids is 3. The van der Waals surface area contributed by atoms with Crippen molar-refractivity contribution >= 4 is 23.3 Å². The van der Waals surface area contributed by atoms with Gasteiger partial charge in [-0.3, -0.25) is 14.4 Å². The van der Waals surface area contributed by atoms with E-state index in [2.05, 4.69) is 5.32 Å². The Balaban J connectivity index is 1.55. The number of nitrogens with one attached hydrogen (secondary N) is 1. The maximum absolute atomic E-state index is 12.4. The van der Waals surface area contributed by atoms with Crippen molar-refractivity contribution < 1.29 is 19.1 Å². The number of Topliss-reactive ketones (excluding diaryl/α,β-unsaturated/α-hetero) is 1. The van der Waals surface area contributed by atoms with E-state index in [1.54, 1.807) is 48.5 Å². The highest BCUT2D eigenvalue weighted by atomic mass is 16.5. The van der Waals surface area contributed by atoms with Gasteiger partial charge in [0.2, 0.25) is 0 Å². The summed E-state index contributed by atoms with van der Waals surface area (Å²) in [5.41, 5.74) is 2.41. The summed E-state index contributed by atoms with van der Waals surface area (Å²) in [6.07, 6.45) is 0.590. The molecule has 0 bridgehead atoms. The average molecular weight is 401 g/mol. The molecule has 0 heterocycles. The Labute approximate surface area is 175 Å². The first-order valence-corrected chi connectivity index (χ1v) is 9.79. The van der Waals surface area contributed by atoms with Gasteiger partial charge in [-0.1, -0.05) is 55.5 Å². The first-order valence-electron chi connectivity index (χ1n) is 9.79. The Morgan fingerprint density at radius 3 is 2.00 bits per heavy atom. The van der Waals surface area contributed by atoms with Crippen LogP contribution >= 0.6 is 0 Å². The summed E-state index contributed by atoms with van der Waals surface area (Å²) in [5.74, 6) is -1.33. The first-order chi connectivity index (χ1) is 14.6. The first kappa shape index (κ1) is 21.0. The van der Waals surface area contributed by atoms with Gasteiger partial charge in [0.25, 0.3) is 5.91 Å². The van der Waals surface area contributed by atoms with E-state index in [1.165, 1.54) is 0 Å². The topological polar surface area (TPSA) is 72.5 Å². The molecule has 30 heavy (non-hydrogen) atoms. The molecule has 0 aromatic heterocycles. The monoisotopic (exact) mass is 401 g/mol. The van der Waals surface area contributed by atoms with Crippen molar-refractivity contribution in [1.29, 1.82) is 0 Å². The summed E-state index contributed by atoms with van der Waals surface area (Å²) in [6, 6.07) is 24.7. The van der Waals surface area contributed by atoms with Gasteiger partial charge in [0.1, 0.15) is 0 Å². The molecule has 3 aromatic rings. The van der Waals surface area contributed by atoms with E-state index in [1.807, 2.05) is 43.3 Å². The summed E-state index contributed by atoms with van der Waals surface area (Å²) in [6.45, 7) is 1.58. The van der Waals surface area contributed by atoms with Crippen molar-refractivity contribution in [3.63, 3.8) is 0 Å². The van der Waals surface area contributed by atoms with E-state index in [9.17, 15) is 14.4 Å². The van der Waals surface area contributed by atoms with Crippen LogP contribution in [0.5, 0.6) is 0 Å². The van der Waals surface area contributed by atoms with Crippen LogP contribution in [0, 0.1) is 0 Å². The minimum Gasteiger partial charge on any atom is -0.457 e. The zero-order valence-electron chi connectivity index (χ0n) is 16.7. The smallest absolute Gasteiger partial charge is 0.313 e. The zero-order valence-corrected chi connectivity index (χ0v) is 16.7. The van der Waals surface area contributed by atoms with E-state index < -0.39 is 11.9 Å². The van der Waals surface area contributed by atoms with Crippen LogP contribution in [0.15, 0.2) is 84.9 Å². The fourth-order valence-corrected chi connectivity index (χ4v) is 3.08. The lowest BCUT2D eigenvalue weighted by molar-refractivity contribution is -0.144. The van der Waals surface area contributed by atoms with Crippen LogP contribution in [0.1, 0.15) is 45.5 Å². The Morgan fingerprint density at radius 1 is 0.800 bits per heavy atom. The van der Waals surface area contributed by atoms with Crippen LogP contribution < -0.4 is 5.32 Å². The number of anilines is 1. The van der Waals surface area contributed by atoms with Crippen LogP contribution in [-0.4, -0.2) is 24.3 Å². The molecular weight excluding hydrogens is 378 g/mol. The molecule has 1 amide bonds. The molecule has 152 valence electrons. The summed E-state index contributed by atoms with van der Waals surface area (Å²) >= 11 is 0. The molecule has 0 saturated carbocycles. The van der Waals surface area contributed by atoms with E-state index in [0.717, 1.165) is 5.56 Å². The second kappa shape index (κ2) is 10.2. The molecule has 0 saturated heterocycles. The largest absolute Gasteiger partial charge is 0.457 e. The molecule has 0 unspecified atom stereocenters. The number of ether oxygens (including phenoxy) is 1. The predicted octanol–water partition coefficient (Wildman–Crippen LogP) is 4.86. The average Bonchev–Trinajstić information content (AvgIpc) is 2.79. The number of rotatable bonds is 8. The number of ketones is 1. The van der Waals surface area contributed by atoms with Crippen LogP contribution in [0.3, 0.4) is 0 Å². The lowest BCUT2D eigenvalue weighted by Crippen LogP contribution is -2.20. The van der Waals surface area contributed by atoms with Crippen LogP contribution in [0.4, 0.5) is 5.69 Å². The number of hydrogen-bond acceptors (Lipinski definition) is 4. The van der Waals surface area contributed by atoms with Crippen molar-refractivity contribution in [1.82, 2.24) is 0 Å². The van der Waals surface area contributed by atoms with Crippen molar-refractivity contribution in [3.8, 4) is 0 Å². The third-order valence-electron chi connectivity index (χ3n) is 4.74. The van der Waals surface area contributed by atoms with Gasteiger partial charge in [-0.2, -0.15) is 0 Å². The highest BCUT2D eigenvalue weighted by molar-refractivity contribution is 6.04. The maximum atomic E-state index is 12.4. The van der Waals surface area contributed by atoms with E-state index in [0.29, 0.717) is 23.2 Å². The van der Waals surface area contributed by atoms with Crippen molar-refractivity contribution in [2.45, 2.75) is 19.3 Å². The highest BCUT2D eigenvalue weighted by Crippen LogP contribution is 2.21. The Morgan fingerprint density at radius 2 is 1.40 bits per heavy atom. The van der Waals surface area contributed by atoms with E-state index in [4.69, 9.17) is 4.74 Å². The molecule has 1 N–H and O–H groups in total. The van der Waals surface area contributed by atoms with Crippen molar-refractivity contribution in [3.05, 3.63) is 102 Å². The van der Waals surface area contributed by atoms with Gasteiger partial charge < -0.3 is 10.1 Å². The second-order valence-electron chi connectivity index (χ2n) is 6.80. The van der Waals surface area contributed by atoms with E-state index >= 15 is 0 Å². The molecule has 0 aliphatic carbocycles. The Hall–Kier alpha value is -3.73. The summed E-state index contributed by atoms with van der Waals surface area (Å²) in [7, 11) is 0. The van der Waals surface area contributed by atoms with Gasteiger partial charge in [0.15, 0.2) is 12.4 Å². The van der Waals surface area contributed by atoms with Gasteiger partial charge in [-0.15, -0.1) is 0 Å². The number of esters is 1. The molecule has 0 aliphatic heterocycles. The minimum atomic E-state index is -0.413. The molecule has 0 radical (unpaired) electrons. The summed E-state index contributed by atoms with van der Waals surface area (Å²) in [4.78, 5) is 37.0. The molecule has 0 spiro atoms. The molecular formula is C25H23NO4. The number of benzene rings is 3.